The topological polar surface area (TPSA) is 20.2 Å². The van der Waals surface area contributed by atoms with Crippen molar-refractivity contribution < 1.29 is 18.3 Å². The van der Waals surface area contributed by atoms with Crippen molar-refractivity contribution in [3.63, 3.8) is 0 Å². The molecule has 0 aromatic carbocycles. The summed E-state index contributed by atoms with van der Waals surface area (Å²) in [5, 5.41) is 8.29. The van der Waals surface area contributed by atoms with Crippen LogP contribution < -0.4 is 0 Å². The highest BCUT2D eigenvalue weighted by Gasteiger charge is 2.37. The third-order valence-electron chi connectivity index (χ3n) is 0.850. The highest BCUT2D eigenvalue weighted by Crippen LogP contribution is 2.21. The maximum absolute atomic E-state index is 11.5. The van der Waals surface area contributed by atoms with Gasteiger partial charge in [-0.2, -0.15) is 13.2 Å². The lowest BCUT2D eigenvalue weighted by atomic mass is 10.2. The van der Waals surface area contributed by atoms with Gasteiger partial charge in [0, 0.05) is 6.42 Å². The van der Waals surface area contributed by atoms with Gasteiger partial charge in [-0.3, -0.25) is 0 Å². The Labute approximate surface area is 56.9 Å². The number of aliphatic hydroxyl groups is 1. The number of rotatable bonds is 1. The summed E-state index contributed by atoms with van der Waals surface area (Å²) < 4.78 is 34.4. The summed E-state index contributed by atoms with van der Waals surface area (Å²) in [5.41, 5.74) is 0. The number of alkyl halides is 3. The zero-order valence-corrected chi connectivity index (χ0v) is 5.37. The molecule has 0 unspecified atom stereocenters. The summed E-state index contributed by atoms with van der Waals surface area (Å²) in [4.78, 5) is 0. The smallest absolute Gasteiger partial charge is 0.383 e. The van der Waals surface area contributed by atoms with Crippen molar-refractivity contribution in [1.82, 2.24) is 0 Å². The van der Waals surface area contributed by atoms with E-state index in [9.17, 15) is 13.2 Å². The van der Waals surface area contributed by atoms with Gasteiger partial charge in [0.2, 0.25) is 0 Å². The SMILES string of the molecule is CC#CC[C@@H](O)C(F)(F)F. The third kappa shape index (κ3) is 3.36. The lowest BCUT2D eigenvalue weighted by Crippen LogP contribution is -2.27. The second kappa shape index (κ2) is 3.47. The van der Waals surface area contributed by atoms with Crippen LogP contribution in [-0.4, -0.2) is 17.4 Å². The first kappa shape index (κ1) is 9.31. The van der Waals surface area contributed by atoms with Crippen LogP contribution in [0.25, 0.3) is 0 Å². The molecule has 0 aromatic heterocycles. The van der Waals surface area contributed by atoms with Crippen molar-refractivity contribution in [3.8, 4) is 11.8 Å². The molecule has 0 bridgehead atoms. The summed E-state index contributed by atoms with van der Waals surface area (Å²) in [7, 11) is 0. The predicted molar refractivity (Wildman–Crippen MR) is 30.1 cm³/mol. The lowest BCUT2D eigenvalue weighted by molar-refractivity contribution is -0.201. The molecule has 0 aliphatic rings. The minimum Gasteiger partial charge on any atom is -0.383 e. The van der Waals surface area contributed by atoms with E-state index in [-0.39, 0.29) is 0 Å². The molecule has 0 radical (unpaired) electrons. The normalized spacial score (nSPS) is 13.7. The zero-order valence-electron chi connectivity index (χ0n) is 5.37. The molecule has 0 aliphatic heterocycles. The van der Waals surface area contributed by atoms with Gasteiger partial charge in [0.1, 0.15) is 0 Å². The van der Waals surface area contributed by atoms with Crippen LogP contribution in [-0.2, 0) is 0 Å². The van der Waals surface area contributed by atoms with Gasteiger partial charge in [-0.1, -0.05) is 0 Å². The minimum absolute atomic E-state index is 0.542. The molecular formula is C6H7F3O. The Morgan fingerprint density at radius 1 is 1.50 bits per heavy atom. The van der Waals surface area contributed by atoms with E-state index < -0.39 is 18.7 Å². The van der Waals surface area contributed by atoms with Crippen LogP contribution in [0.1, 0.15) is 13.3 Å². The second-order valence-corrected chi connectivity index (χ2v) is 1.69. The van der Waals surface area contributed by atoms with Crippen LogP contribution in [0.3, 0.4) is 0 Å². The van der Waals surface area contributed by atoms with Crippen LogP contribution >= 0.6 is 0 Å². The second-order valence-electron chi connectivity index (χ2n) is 1.69. The zero-order chi connectivity index (χ0) is 8.20. The van der Waals surface area contributed by atoms with E-state index in [1.54, 1.807) is 0 Å². The average molecular weight is 152 g/mol. The van der Waals surface area contributed by atoms with Crippen molar-refractivity contribution in [2.24, 2.45) is 0 Å². The fourth-order valence-electron chi connectivity index (χ4n) is 0.314. The Hall–Kier alpha value is -0.690. The molecule has 0 amide bonds. The van der Waals surface area contributed by atoms with Crippen molar-refractivity contribution >= 4 is 0 Å². The monoisotopic (exact) mass is 152 g/mol. The molecule has 0 spiro atoms. The quantitative estimate of drug-likeness (QED) is 0.562. The fraction of sp³-hybridized carbons (Fsp3) is 0.667. The van der Waals surface area contributed by atoms with E-state index >= 15 is 0 Å². The molecule has 0 fully saturated rings. The van der Waals surface area contributed by atoms with Crippen LogP contribution in [0.15, 0.2) is 0 Å². The summed E-state index contributed by atoms with van der Waals surface area (Å²) in [6, 6.07) is 0. The van der Waals surface area contributed by atoms with Crippen molar-refractivity contribution in [2.75, 3.05) is 0 Å². The maximum Gasteiger partial charge on any atom is 0.415 e. The number of halogens is 3. The van der Waals surface area contributed by atoms with Crippen LogP contribution in [0.2, 0.25) is 0 Å². The first-order chi connectivity index (χ1) is 4.48. The Kier molecular flexibility index (Phi) is 3.23. The number of aliphatic hydroxyl groups excluding tert-OH is 1. The van der Waals surface area contributed by atoms with Crippen molar-refractivity contribution in [3.05, 3.63) is 0 Å². The van der Waals surface area contributed by atoms with Gasteiger partial charge in [0.05, 0.1) is 0 Å². The van der Waals surface area contributed by atoms with Gasteiger partial charge >= 0.3 is 6.18 Å². The van der Waals surface area contributed by atoms with E-state index in [4.69, 9.17) is 5.11 Å². The highest BCUT2D eigenvalue weighted by atomic mass is 19.4. The summed E-state index contributed by atoms with van der Waals surface area (Å²) in [6.45, 7) is 1.42. The molecule has 10 heavy (non-hydrogen) atoms. The van der Waals surface area contributed by atoms with Gasteiger partial charge in [0.15, 0.2) is 6.10 Å². The van der Waals surface area contributed by atoms with E-state index in [0.29, 0.717) is 0 Å². The molecule has 0 saturated carbocycles. The maximum atomic E-state index is 11.5. The molecule has 0 heterocycles. The number of hydrogen-bond donors (Lipinski definition) is 1. The lowest BCUT2D eigenvalue weighted by Gasteiger charge is -2.10. The Bertz CT molecular complexity index is 151. The first-order valence-corrected chi connectivity index (χ1v) is 2.63. The number of hydrogen-bond acceptors (Lipinski definition) is 1. The molecule has 0 aromatic rings. The van der Waals surface area contributed by atoms with Crippen LogP contribution in [0.5, 0.6) is 0 Å². The summed E-state index contributed by atoms with van der Waals surface area (Å²) in [6.07, 6.45) is -7.39. The van der Waals surface area contributed by atoms with Crippen molar-refractivity contribution in [2.45, 2.75) is 25.6 Å². The van der Waals surface area contributed by atoms with Gasteiger partial charge in [-0.25, -0.2) is 0 Å². The van der Waals surface area contributed by atoms with Gasteiger partial charge in [-0.05, 0) is 6.92 Å². The minimum atomic E-state index is -4.54. The fourth-order valence-corrected chi connectivity index (χ4v) is 0.314. The molecule has 58 valence electrons. The third-order valence-corrected chi connectivity index (χ3v) is 0.850. The first-order valence-electron chi connectivity index (χ1n) is 2.63. The van der Waals surface area contributed by atoms with Gasteiger partial charge in [-0.15, -0.1) is 11.8 Å². The van der Waals surface area contributed by atoms with E-state index in [2.05, 4.69) is 11.8 Å². The molecule has 1 N–H and O–H groups in total. The largest absolute Gasteiger partial charge is 0.415 e. The molecular weight excluding hydrogens is 145 g/mol. The average Bonchev–Trinajstić information content (AvgIpc) is 1.80. The molecule has 4 heteroatoms. The van der Waals surface area contributed by atoms with E-state index in [1.807, 2.05) is 0 Å². The van der Waals surface area contributed by atoms with E-state index in [1.165, 1.54) is 6.92 Å². The Morgan fingerprint density at radius 3 is 2.30 bits per heavy atom. The summed E-state index contributed by atoms with van der Waals surface area (Å²) in [5.74, 6) is 4.40. The van der Waals surface area contributed by atoms with Crippen molar-refractivity contribution in [1.29, 1.82) is 0 Å². The Morgan fingerprint density at radius 2 is 2.00 bits per heavy atom. The van der Waals surface area contributed by atoms with Gasteiger partial charge < -0.3 is 5.11 Å². The highest BCUT2D eigenvalue weighted by molar-refractivity contribution is 4.97. The Balaban J connectivity index is 3.81. The molecule has 0 rings (SSSR count). The molecule has 1 atom stereocenters. The van der Waals surface area contributed by atoms with Gasteiger partial charge in [0.25, 0.3) is 0 Å². The standard InChI is InChI=1S/C6H7F3O/c1-2-3-4-5(10)6(7,8)9/h5,10H,4H2,1H3/t5-/m1/s1. The van der Waals surface area contributed by atoms with E-state index in [0.717, 1.165) is 0 Å². The van der Waals surface area contributed by atoms with Crippen LogP contribution in [0, 0.1) is 11.8 Å². The summed E-state index contributed by atoms with van der Waals surface area (Å²) >= 11 is 0. The molecule has 0 saturated heterocycles. The van der Waals surface area contributed by atoms with Crippen LogP contribution in [0.4, 0.5) is 13.2 Å². The predicted octanol–water partition coefficient (Wildman–Crippen LogP) is 1.32. The molecule has 1 nitrogen and oxygen atoms in total. The molecule has 0 aliphatic carbocycles.